The molecule has 0 saturated carbocycles. The number of benzene rings is 1. The molecule has 2 nitrogen and oxygen atoms in total. The Labute approximate surface area is 96.2 Å². The first-order valence-corrected chi connectivity index (χ1v) is 5.54. The second-order valence-electron chi connectivity index (χ2n) is 3.60. The highest BCUT2D eigenvalue weighted by Gasteiger charge is 2.17. The third-order valence-electron chi connectivity index (χ3n) is 2.44. The molecule has 2 rings (SSSR count). The Morgan fingerprint density at radius 3 is 1.69 bits per heavy atom. The highest BCUT2D eigenvalue weighted by molar-refractivity contribution is 5.70. The molecule has 0 aliphatic carbocycles. The molecular formula is C14H16O2. The summed E-state index contributed by atoms with van der Waals surface area (Å²) in [6.45, 7) is 5.24. The van der Waals surface area contributed by atoms with E-state index in [-0.39, 0.29) is 0 Å². The maximum atomic E-state index is 5.68. The van der Waals surface area contributed by atoms with Crippen molar-refractivity contribution < 1.29 is 9.47 Å². The molecule has 0 spiro atoms. The predicted molar refractivity (Wildman–Crippen MR) is 66.8 cm³/mol. The molecule has 1 aliphatic heterocycles. The second-order valence-corrected chi connectivity index (χ2v) is 3.60. The summed E-state index contributed by atoms with van der Waals surface area (Å²) in [6.07, 6.45) is 8.08. The van der Waals surface area contributed by atoms with Gasteiger partial charge in [-0.2, -0.15) is 0 Å². The first-order valence-electron chi connectivity index (χ1n) is 5.54. The summed E-state index contributed by atoms with van der Waals surface area (Å²) in [5, 5.41) is 0. The van der Waals surface area contributed by atoms with E-state index in [1.54, 1.807) is 0 Å². The van der Waals surface area contributed by atoms with Crippen molar-refractivity contribution in [2.45, 2.75) is 13.8 Å². The number of allylic oxidation sites excluding steroid dienone is 2. The molecule has 0 atom stereocenters. The average molecular weight is 216 g/mol. The van der Waals surface area contributed by atoms with Crippen molar-refractivity contribution in [1.82, 2.24) is 0 Å². The number of rotatable bonds is 2. The fraction of sp³-hybridized carbons (Fsp3) is 0.286. The molecule has 0 fully saturated rings. The van der Waals surface area contributed by atoms with E-state index in [4.69, 9.17) is 9.47 Å². The summed E-state index contributed by atoms with van der Waals surface area (Å²) in [5.41, 5.74) is 2.15. The lowest BCUT2D eigenvalue weighted by Crippen LogP contribution is -2.16. The third kappa shape index (κ3) is 1.96. The minimum atomic E-state index is 0.622. The normalized spacial score (nSPS) is 14.9. The third-order valence-corrected chi connectivity index (χ3v) is 2.44. The molecular weight excluding hydrogens is 200 g/mol. The van der Waals surface area contributed by atoms with Crippen LogP contribution in [0.25, 0.3) is 12.2 Å². The van der Waals surface area contributed by atoms with Gasteiger partial charge in [0, 0.05) is 11.1 Å². The van der Waals surface area contributed by atoms with Gasteiger partial charge in [0.25, 0.3) is 0 Å². The Hall–Kier alpha value is -1.70. The van der Waals surface area contributed by atoms with E-state index in [9.17, 15) is 0 Å². The minimum absolute atomic E-state index is 0.622. The lowest BCUT2D eigenvalue weighted by Gasteiger charge is -2.22. The summed E-state index contributed by atoms with van der Waals surface area (Å²) in [7, 11) is 0. The van der Waals surface area contributed by atoms with E-state index in [1.165, 1.54) is 0 Å². The van der Waals surface area contributed by atoms with Crippen molar-refractivity contribution in [2.24, 2.45) is 0 Å². The summed E-state index contributed by atoms with van der Waals surface area (Å²) in [5.74, 6) is 1.72. The lowest BCUT2D eigenvalue weighted by molar-refractivity contribution is 0.171. The monoisotopic (exact) mass is 216 g/mol. The number of hydrogen-bond acceptors (Lipinski definition) is 2. The molecule has 2 heteroatoms. The highest BCUT2D eigenvalue weighted by atomic mass is 16.6. The van der Waals surface area contributed by atoms with E-state index in [0.29, 0.717) is 13.2 Å². The fourth-order valence-electron chi connectivity index (χ4n) is 1.80. The summed E-state index contributed by atoms with van der Waals surface area (Å²) >= 11 is 0. The Bertz CT molecular complexity index is 390. The maximum absolute atomic E-state index is 5.68. The van der Waals surface area contributed by atoms with Gasteiger partial charge in [0.05, 0.1) is 0 Å². The molecule has 0 amide bonds. The van der Waals surface area contributed by atoms with Gasteiger partial charge in [-0.15, -0.1) is 0 Å². The zero-order valence-corrected chi connectivity index (χ0v) is 9.69. The Morgan fingerprint density at radius 1 is 0.875 bits per heavy atom. The molecule has 0 N–H and O–H groups in total. The molecule has 0 saturated heterocycles. The molecule has 0 unspecified atom stereocenters. The van der Waals surface area contributed by atoms with Gasteiger partial charge < -0.3 is 9.47 Å². The van der Waals surface area contributed by atoms with Gasteiger partial charge in [0.1, 0.15) is 13.2 Å². The molecule has 1 aliphatic rings. The van der Waals surface area contributed by atoms with Gasteiger partial charge >= 0.3 is 0 Å². The van der Waals surface area contributed by atoms with E-state index in [0.717, 1.165) is 22.6 Å². The van der Waals surface area contributed by atoms with Crippen LogP contribution in [0, 0.1) is 0 Å². The van der Waals surface area contributed by atoms with Crippen LogP contribution in [0.2, 0.25) is 0 Å². The van der Waals surface area contributed by atoms with Gasteiger partial charge in [0.2, 0.25) is 0 Å². The summed E-state index contributed by atoms with van der Waals surface area (Å²) in [6, 6.07) is 4.12. The van der Waals surface area contributed by atoms with E-state index < -0.39 is 0 Å². The van der Waals surface area contributed by atoms with Crippen LogP contribution in [0.15, 0.2) is 24.3 Å². The SMILES string of the molecule is C/C=C/c1ccc(/C=C/C)c2c1OCCO2. The highest BCUT2D eigenvalue weighted by Crippen LogP contribution is 2.38. The molecule has 84 valence electrons. The molecule has 16 heavy (non-hydrogen) atoms. The van der Waals surface area contributed by atoms with Crippen LogP contribution in [0.4, 0.5) is 0 Å². The van der Waals surface area contributed by atoms with Gasteiger partial charge in [-0.1, -0.05) is 36.4 Å². The second kappa shape index (κ2) is 4.88. The largest absolute Gasteiger partial charge is 0.485 e. The van der Waals surface area contributed by atoms with Crippen molar-refractivity contribution in [2.75, 3.05) is 13.2 Å². The quantitative estimate of drug-likeness (QED) is 0.753. The van der Waals surface area contributed by atoms with Gasteiger partial charge in [-0.05, 0) is 13.8 Å². The van der Waals surface area contributed by atoms with Crippen LogP contribution >= 0.6 is 0 Å². The van der Waals surface area contributed by atoms with Crippen molar-refractivity contribution >= 4 is 12.2 Å². The van der Waals surface area contributed by atoms with Gasteiger partial charge in [-0.25, -0.2) is 0 Å². The number of hydrogen-bond donors (Lipinski definition) is 0. The smallest absolute Gasteiger partial charge is 0.169 e. The lowest BCUT2D eigenvalue weighted by atomic mass is 10.1. The van der Waals surface area contributed by atoms with Crippen molar-refractivity contribution in [3.63, 3.8) is 0 Å². The average Bonchev–Trinajstić information content (AvgIpc) is 2.33. The van der Waals surface area contributed by atoms with Gasteiger partial charge in [0.15, 0.2) is 11.5 Å². The van der Waals surface area contributed by atoms with Crippen LogP contribution in [0.1, 0.15) is 25.0 Å². The number of fused-ring (bicyclic) bond motifs is 1. The van der Waals surface area contributed by atoms with Crippen LogP contribution in [-0.4, -0.2) is 13.2 Å². The summed E-state index contributed by atoms with van der Waals surface area (Å²) in [4.78, 5) is 0. The molecule has 0 radical (unpaired) electrons. The van der Waals surface area contributed by atoms with Crippen LogP contribution < -0.4 is 9.47 Å². The molecule has 1 aromatic rings. The maximum Gasteiger partial charge on any atom is 0.169 e. The van der Waals surface area contributed by atoms with Crippen LogP contribution in [0.5, 0.6) is 11.5 Å². The predicted octanol–water partition coefficient (Wildman–Crippen LogP) is 3.52. The van der Waals surface area contributed by atoms with Crippen LogP contribution in [-0.2, 0) is 0 Å². The first-order chi connectivity index (χ1) is 7.86. The standard InChI is InChI=1S/C14H16O2/c1-3-5-11-7-8-12(6-4-2)14-13(11)15-9-10-16-14/h3-8H,9-10H2,1-2H3/b5-3+,6-4+. The molecule has 0 aromatic heterocycles. The fourth-order valence-corrected chi connectivity index (χ4v) is 1.80. The van der Waals surface area contributed by atoms with E-state index >= 15 is 0 Å². The van der Waals surface area contributed by atoms with Gasteiger partial charge in [-0.3, -0.25) is 0 Å². The van der Waals surface area contributed by atoms with Crippen molar-refractivity contribution in [3.8, 4) is 11.5 Å². The Balaban J connectivity index is 2.54. The summed E-state index contributed by atoms with van der Waals surface area (Å²) < 4.78 is 11.4. The minimum Gasteiger partial charge on any atom is -0.485 e. The zero-order valence-electron chi connectivity index (χ0n) is 9.69. The van der Waals surface area contributed by atoms with Crippen LogP contribution in [0.3, 0.4) is 0 Å². The van der Waals surface area contributed by atoms with E-state index in [1.807, 2.05) is 38.2 Å². The molecule has 0 bridgehead atoms. The number of ether oxygens (including phenoxy) is 2. The van der Waals surface area contributed by atoms with E-state index in [2.05, 4.69) is 12.1 Å². The Morgan fingerprint density at radius 2 is 1.31 bits per heavy atom. The topological polar surface area (TPSA) is 18.5 Å². The Kier molecular flexibility index (Phi) is 3.30. The van der Waals surface area contributed by atoms with Crippen molar-refractivity contribution in [1.29, 1.82) is 0 Å². The molecule has 1 aromatic carbocycles. The first kappa shape index (κ1) is 10.8. The van der Waals surface area contributed by atoms with Crippen molar-refractivity contribution in [3.05, 3.63) is 35.4 Å². The zero-order chi connectivity index (χ0) is 11.4. The molecule has 1 heterocycles.